The number of likely N-dealkylation sites (tertiary alicyclic amines) is 1. The Morgan fingerprint density at radius 3 is 3.00 bits per heavy atom. The molecule has 1 aliphatic heterocycles. The number of nitrogens with zero attached hydrogens (tertiary/aromatic N) is 1. The minimum atomic E-state index is 0.0688. The fourth-order valence-corrected chi connectivity index (χ4v) is 2.47. The first-order valence-corrected chi connectivity index (χ1v) is 7.14. The number of hydrogen-bond donors (Lipinski definition) is 1. The van der Waals surface area contributed by atoms with Crippen LogP contribution in [-0.4, -0.2) is 49.0 Å². The first kappa shape index (κ1) is 12.8. The summed E-state index contributed by atoms with van der Waals surface area (Å²) in [6.07, 6.45) is 6.62. The molecule has 1 unspecified atom stereocenters. The van der Waals surface area contributed by atoms with Crippen molar-refractivity contribution in [3.63, 3.8) is 0 Å². The van der Waals surface area contributed by atoms with Crippen LogP contribution >= 0.6 is 11.8 Å². The van der Waals surface area contributed by atoms with E-state index in [2.05, 4.69) is 11.6 Å². The number of likely N-dealkylation sites (N-methyl/N-ethyl adjacent to an activating group) is 1. The van der Waals surface area contributed by atoms with Gasteiger partial charge in [0.1, 0.15) is 0 Å². The molecule has 88 valence electrons. The summed E-state index contributed by atoms with van der Waals surface area (Å²) >= 11 is 1.88. The van der Waals surface area contributed by atoms with E-state index in [-0.39, 0.29) is 6.04 Å². The normalized spacial score (nSPS) is 22.1. The predicted octanol–water partition coefficient (Wildman–Crippen LogP) is 1.34. The molecule has 15 heavy (non-hydrogen) atoms. The number of rotatable bonds is 6. The zero-order valence-electron chi connectivity index (χ0n) is 9.79. The molecule has 1 heterocycles. The van der Waals surface area contributed by atoms with Crippen molar-refractivity contribution < 1.29 is 4.79 Å². The van der Waals surface area contributed by atoms with Crippen LogP contribution in [0.25, 0.3) is 0 Å². The van der Waals surface area contributed by atoms with Gasteiger partial charge in [0.05, 0.1) is 6.04 Å². The Labute approximate surface area is 97.0 Å². The second-order valence-corrected chi connectivity index (χ2v) is 4.99. The Morgan fingerprint density at radius 2 is 2.33 bits per heavy atom. The molecular formula is C11H22N2OS. The first-order valence-electron chi connectivity index (χ1n) is 5.74. The van der Waals surface area contributed by atoms with Crippen molar-refractivity contribution in [1.29, 1.82) is 0 Å². The zero-order chi connectivity index (χ0) is 11.1. The molecule has 0 radical (unpaired) electrons. The Morgan fingerprint density at radius 1 is 1.53 bits per heavy atom. The summed E-state index contributed by atoms with van der Waals surface area (Å²) in [4.78, 5) is 13.9. The SMILES string of the molecule is CNC1CCCN(CCCCSC)C1=O. The summed E-state index contributed by atoms with van der Waals surface area (Å²) in [6.45, 7) is 1.90. The summed E-state index contributed by atoms with van der Waals surface area (Å²) in [5, 5.41) is 3.09. The van der Waals surface area contributed by atoms with Gasteiger partial charge in [0.15, 0.2) is 0 Å². The highest BCUT2D eigenvalue weighted by molar-refractivity contribution is 7.98. The van der Waals surface area contributed by atoms with Crippen molar-refractivity contribution >= 4 is 17.7 Å². The highest BCUT2D eigenvalue weighted by atomic mass is 32.2. The summed E-state index contributed by atoms with van der Waals surface area (Å²) in [5.41, 5.74) is 0. The molecular weight excluding hydrogens is 208 g/mol. The second-order valence-electron chi connectivity index (χ2n) is 4.01. The largest absolute Gasteiger partial charge is 0.341 e. The van der Waals surface area contributed by atoms with Gasteiger partial charge in [0, 0.05) is 13.1 Å². The lowest BCUT2D eigenvalue weighted by Gasteiger charge is -2.32. The molecule has 0 aromatic carbocycles. The highest BCUT2D eigenvalue weighted by Gasteiger charge is 2.26. The number of piperidine rings is 1. The van der Waals surface area contributed by atoms with E-state index < -0.39 is 0 Å². The summed E-state index contributed by atoms with van der Waals surface area (Å²) in [7, 11) is 1.87. The molecule has 0 aliphatic carbocycles. The Bertz CT molecular complexity index is 199. The third-order valence-corrected chi connectivity index (χ3v) is 3.60. The van der Waals surface area contributed by atoms with Crippen LogP contribution in [0, 0.1) is 0 Å². The molecule has 0 aromatic heterocycles. The number of carbonyl (C=O) groups excluding carboxylic acids is 1. The standard InChI is InChI=1S/C11H22N2OS/c1-12-10-6-5-8-13(11(10)14)7-3-4-9-15-2/h10,12H,3-9H2,1-2H3. The van der Waals surface area contributed by atoms with Crippen molar-refractivity contribution in [2.24, 2.45) is 0 Å². The minimum absolute atomic E-state index is 0.0688. The fourth-order valence-electron chi connectivity index (χ4n) is 1.98. The second kappa shape index (κ2) is 7.12. The van der Waals surface area contributed by atoms with Crippen LogP contribution in [0.5, 0.6) is 0 Å². The van der Waals surface area contributed by atoms with E-state index in [0.29, 0.717) is 5.91 Å². The summed E-state index contributed by atoms with van der Waals surface area (Å²) in [6, 6.07) is 0.0688. The average Bonchev–Trinajstić information content (AvgIpc) is 2.26. The Hall–Kier alpha value is -0.220. The summed E-state index contributed by atoms with van der Waals surface area (Å²) < 4.78 is 0. The van der Waals surface area contributed by atoms with Crippen LogP contribution in [0.1, 0.15) is 25.7 Å². The van der Waals surface area contributed by atoms with Crippen LogP contribution < -0.4 is 5.32 Å². The van der Waals surface area contributed by atoms with Gasteiger partial charge in [-0.25, -0.2) is 0 Å². The van der Waals surface area contributed by atoms with Crippen molar-refractivity contribution in [3.05, 3.63) is 0 Å². The number of nitrogens with one attached hydrogen (secondary N) is 1. The lowest BCUT2D eigenvalue weighted by atomic mass is 10.0. The molecule has 1 fully saturated rings. The minimum Gasteiger partial charge on any atom is -0.341 e. The molecule has 3 nitrogen and oxygen atoms in total. The molecule has 1 aliphatic rings. The average molecular weight is 230 g/mol. The van der Waals surface area contributed by atoms with E-state index in [1.807, 2.05) is 23.7 Å². The molecule has 0 bridgehead atoms. The third kappa shape index (κ3) is 4.03. The summed E-state index contributed by atoms with van der Waals surface area (Å²) in [5.74, 6) is 1.50. The third-order valence-electron chi connectivity index (χ3n) is 2.91. The molecule has 4 heteroatoms. The van der Waals surface area contributed by atoms with Crippen molar-refractivity contribution in [2.45, 2.75) is 31.7 Å². The number of hydrogen-bond acceptors (Lipinski definition) is 3. The van der Waals surface area contributed by atoms with Gasteiger partial charge in [0.25, 0.3) is 0 Å². The number of amides is 1. The number of thioether (sulfide) groups is 1. The van der Waals surface area contributed by atoms with Gasteiger partial charge in [-0.3, -0.25) is 4.79 Å². The maximum atomic E-state index is 11.9. The number of unbranched alkanes of at least 4 members (excludes halogenated alkanes) is 1. The van der Waals surface area contributed by atoms with E-state index in [9.17, 15) is 4.79 Å². The molecule has 0 spiro atoms. The topological polar surface area (TPSA) is 32.3 Å². The Balaban J connectivity index is 2.24. The van der Waals surface area contributed by atoms with Gasteiger partial charge < -0.3 is 10.2 Å². The lowest BCUT2D eigenvalue weighted by molar-refractivity contribution is -0.135. The van der Waals surface area contributed by atoms with E-state index in [0.717, 1.165) is 32.4 Å². The van der Waals surface area contributed by atoms with Crippen molar-refractivity contribution in [2.75, 3.05) is 32.1 Å². The fraction of sp³-hybridized carbons (Fsp3) is 0.909. The van der Waals surface area contributed by atoms with Crippen molar-refractivity contribution in [3.8, 4) is 0 Å². The number of carbonyl (C=O) groups is 1. The molecule has 0 saturated carbocycles. The molecule has 1 rings (SSSR count). The molecule has 1 atom stereocenters. The highest BCUT2D eigenvalue weighted by Crippen LogP contribution is 2.12. The van der Waals surface area contributed by atoms with Gasteiger partial charge in [-0.1, -0.05) is 0 Å². The van der Waals surface area contributed by atoms with Gasteiger partial charge in [0.2, 0.25) is 5.91 Å². The van der Waals surface area contributed by atoms with Crippen LogP contribution in [0.3, 0.4) is 0 Å². The predicted molar refractivity (Wildman–Crippen MR) is 66.3 cm³/mol. The van der Waals surface area contributed by atoms with Gasteiger partial charge in [-0.2, -0.15) is 11.8 Å². The molecule has 1 N–H and O–H groups in total. The van der Waals surface area contributed by atoms with E-state index in [1.165, 1.54) is 12.2 Å². The lowest BCUT2D eigenvalue weighted by Crippen LogP contribution is -2.49. The Kier molecular flexibility index (Phi) is 6.10. The van der Waals surface area contributed by atoms with Gasteiger partial charge in [-0.15, -0.1) is 0 Å². The van der Waals surface area contributed by atoms with Crippen molar-refractivity contribution in [1.82, 2.24) is 10.2 Å². The van der Waals surface area contributed by atoms with E-state index in [1.54, 1.807) is 0 Å². The molecule has 0 aromatic rings. The van der Waals surface area contributed by atoms with Gasteiger partial charge in [-0.05, 0) is 44.7 Å². The monoisotopic (exact) mass is 230 g/mol. The van der Waals surface area contributed by atoms with Gasteiger partial charge >= 0.3 is 0 Å². The molecule has 1 saturated heterocycles. The van der Waals surface area contributed by atoms with Crippen LogP contribution in [0.4, 0.5) is 0 Å². The van der Waals surface area contributed by atoms with Crippen LogP contribution in [-0.2, 0) is 4.79 Å². The van der Waals surface area contributed by atoms with Crippen LogP contribution in [0.15, 0.2) is 0 Å². The molecule has 1 amide bonds. The maximum Gasteiger partial charge on any atom is 0.239 e. The first-order chi connectivity index (χ1) is 7.29. The zero-order valence-corrected chi connectivity index (χ0v) is 10.6. The smallest absolute Gasteiger partial charge is 0.239 e. The van der Waals surface area contributed by atoms with E-state index in [4.69, 9.17) is 0 Å². The van der Waals surface area contributed by atoms with Crippen LogP contribution in [0.2, 0.25) is 0 Å². The maximum absolute atomic E-state index is 11.9. The quantitative estimate of drug-likeness (QED) is 0.699. The van der Waals surface area contributed by atoms with E-state index >= 15 is 0 Å².